The molecule has 0 bridgehead atoms. The van der Waals surface area contributed by atoms with E-state index < -0.39 is 0 Å². The molecule has 2 aromatic heterocycles. The Balaban J connectivity index is 2.22. The number of rotatable bonds is 2. The van der Waals surface area contributed by atoms with E-state index in [0.717, 1.165) is 28.3 Å². The molecule has 0 saturated heterocycles. The summed E-state index contributed by atoms with van der Waals surface area (Å²) in [6.45, 7) is 2.05. The minimum Gasteiger partial charge on any atom is -0.496 e. The smallest absolute Gasteiger partial charge is 0.178 e. The molecule has 0 aliphatic heterocycles. The third kappa shape index (κ3) is 1.72. The van der Waals surface area contributed by atoms with E-state index in [1.165, 1.54) is 5.56 Å². The zero-order valence-corrected chi connectivity index (χ0v) is 10.3. The summed E-state index contributed by atoms with van der Waals surface area (Å²) in [5.74, 6) is 1.59. The average molecular weight is 239 g/mol. The summed E-state index contributed by atoms with van der Waals surface area (Å²) in [6.07, 6.45) is 1.74. The number of fused-ring (bicyclic) bond motifs is 1. The molecule has 0 aliphatic carbocycles. The molecule has 3 rings (SSSR count). The maximum absolute atomic E-state index is 5.37. The first kappa shape index (κ1) is 10.8. The highest BCUT2D eigenvalue weighted by atomic mass is 16.5. The molecule has 0 saturated carbocycles. The van der Waals surface area contributed by atoms with Crippen LogP contribution in [0.1, 0.15) is 5.56 Å². The van der Waals surface area contributed by atoms with Gasteiger partial charge in [-0.1, -0.05) is 11.6 Å². The fourth-order valence-electron chi connectivity index (χ4n) is 1.98. The SMILES string of the molecule is COc1ccc(C)cc1-c1nc2ncccc2[nH]1. The number of methoxy groups -OCH3 is 1. The Labute approximate surface area is 105 Å². The van der Waals surface area contributed by atoms with Crippen molar-refractivity contribution in [1.82, 2.24) is 15.0 Å². The lowest BCUT2D eigenvalue weighted by atomic mass is 10.1. The maximum atomic E-state index is 5.37. The molecule has 2 heterocycles. The monoisotopic (exact) mass is 239 g/mol. The van der Waals surface area contributed by atoms with E-state index in [9.17, 15) is 0 Å². The summed E-state index contributed by atoms with van der Waals surface area (Å²) in [4.78, 5) is 12.0. The molecule has 0 amide bonds. The minimum atomic E-state index is 0.719. The number of nitrogens with one attached hydrogen (secondary N) is 1. The topological polar surface area (TPSA) is 50.8 Å². The van der Waals surface area contributed by atoms with Crippen molar-refractivity contribution < 1.29 is 4.74 Å². The third-order valence-electron chi connectivity index (χ3n) is 2.87. The van der Waals surface area contributed by atoms with Gasteiger partial charge in [-0.3, -0.25) is 0 Å². The van der Waals surface area contributed by atoms with Crippen molar-refractivity contribution in [2.45, 2.75) is 6.92 Å². The van der Waals surface area contributed by atoms with Gasteiger partial charge < -0.3 is 9.72 Å². The minimum absolute atomic E-state index is 0.719. The molecule has 4 nitrogen and oxygen atoms in total. The van der Waals surface area contributed by atoms with E-state index in [-0.39, 0.29) is 0 Å². The summed E-state index contributed by atoms with van der Waals surface area (Å²) >= 11 is 0. The number of ether oxygens (including phenoxy) is 1. The van der Waals surface area contributed by atoms with Crippen molar-refractivity contribution in [2.24, 2.45) is 0 Å². The van der Waals surface area contributed by atoms with Gasteiger partial charge in [-0.2, -0.15) is 0 Å². The first-order valence-electron chi connectivity index (χ1n) is 5.73. The van der Waals surface area contributed by atoms with Crippen LogP contribution in [0.25, 0.3) is 22.6 Å². The van der Waals surface area contributed by atoms with E-state index >= 15 is 0 Å². The molecule has 4 heteroatoms. The van der Waals surface area contributed by atoms with Crippen LogP contribution in [0.5, 0.6) is 5.75 Å². The lowest BCUT2D eigenvalue weighted by Gasteiger charge is -2.06. The number of aromatic amines is 1. The van der Waals surface area contributed by atoms with Crippen LogP contribution in [0.2, 0.25) is 0 Å². The lowest BCUT2D eigenvalue weighted by Crippen LogP contribution is -1.90. The van der Waals surface area contributed by atoms with Crippen LogP contribution in [-0.4, -0.2) is 22.1 Å². The third-order valence-corrected chi connectivity index (χ3v) is 2.87. The average Bonchev–Trinajstić information content (AvgIpc) is 2.82. The van der Waals surface area contributed by atoms with Crippen molar-refractivity contribution in [3.63, 3.8) is 0 Å². The summed E-state index contributed by atoms with van der Waals surface area (Å²) in [6, 6.07) is 9.87. The number of benzene rings is 1. The van der Waals surface area contributed by atoms with Crippen LogP contribution in [0, 0.1) is 6.92 Å². The van der Waals surface area contributed by atoms with Crippen LogP contribution in [0.4, 0.5) is 0 Å². The van der Waals surface area contributed by atoms with E-state index in [2.05, 4.69) is 21.0 Å². The quantitative estimate of drug-likeness (QED) is 0.748. The zero-order valence-electron chi connectivity index (χ0n) is 10.3. The van der Waals surface area contributed by atoms with Gasteiger partial charge in [-0.15, -0.1) is 0 Å². The van der Waals surface area contributed by atoms with Crippen molar-refractivity contribution in [1.29, 1.82) is 0 Å². The molecule has 0 unspecified atom stereocenters. The van der Waals surface area contributed by atoms with Gasteiger partial charge in [0, 0.05) is 6.20 Å². The molecule has 0 aliphatic rings. The number of pyridine rings is 1. The number of H-pyrrole nitrogens is 1. The fraction of sp³-hybridized carbons (Fsp3) is 0.143. The number of aryl methyl sites for hydroxylation is 1. The number of hydrogen-bond acceptors (Lipinski definition) is 3. The highest BCUT2D eigenvalue weighted by Crippen LogP contribution is 2.29. The molecule has 0 radical (unpaired) electrons. The zero-order chi connectivity index (χ0) is 12.5. The predicted octanol–water partition coefficient (Wildman–Crippen LogP) is 2.94. The Morgan fingerprint density at radius 1 is 1.22 bits per heavy atom. The molecule has 90 valence electrons. The van der Waals surface area contributed by atoms with Crippen molar-refractivity contribution in [3.05, 3.63) is 42.1 Å². The van der Waals surface area contributed by atoms with Gasteiger partial charge in [0.2, 0.25) is 0 Å². The van der Waals surface area contributed by atoms with Gasteiger partial charge in [0.1, 0.15) is 11.6 Å². The molecular formula is C14H13N3O. The van der Waals surface area contributed by atoms with Crippen molar-refractivity contribution in [2.75, 3.05) is 7.11 Å². The second-order valence-corrected chi connectivity index (χ2v) is 4.16. The van der Waals surface area contributed by atoms with Crippen LogP contribution in [-0.2, 0) is 0 Å². The second kappa shape index (κ2) is 4.14. The maximum Gasteiger partial charge on any atom is 0.178 e. The standard InChI is InChI=1S/C14H13N3O/c1-9-5-6-12(18-2)10(8-9)13-16-11-4-3-7-15-14(11)17-13/h3-8H,1-2H3,(H,15,16,17). The second-order valence-electron chi connectivity index (χ2n) is 4.16. The van der Waals surface area contributed by atoms with Crippen molar-refractivity contribution >= 4 is 11.2 Å². The van der Waals surface area contributed by atoms with E-state index in [1.54, 1.807) is 13.3 Å². The normalized spacial score (nSPS) is 10.8. The first-order chi connectivity index (χ1) is 8.78. The lowest BCUT2D eigenvalue weighted by molar-refractivity contribution is 0.416. The van der Waals surface area contributed by atoms with Gasteiger partial charge in [-0.05, 0) is 31.2 Å². The van der Waals surface area contributed by atoms with Crippen molar-refractivity contribution in [3.8, 4) is 17.1 Å². The molecule has 1 aromatic carbocycles. The molecule has 3 aromatic rings. The molecule has 1 N–H and O–H groups in total. The predicted molar refractivity (Wildman–Crippen MR) is 70.6 cm³/mol. The number of hydrogen-bond donors (Lipinski definition) is 1. The van der Waals surface area contributed by atoms with Crippen LogP contribution in [0.15, 0.2) is 36.5 Å². The molecule has 0 atom stereocenters. The van der Waals surface area contributed by atoms with E-state index in [1.807, 2.05) is 31.2 Å². The fourth-order valence-corrected chi connectivity index (χ4v) is 1.98. The van der Waals surface area contributed by atoms with Gasteiger partial charge in [-0.25, -0.2) is 9.97 Å². The number of nitrogens with zero attached hydrogens (tertiary/aromatic N) is 2. The van der Waals surface area contributed by atoms with Crippen LogP contribution in [0.3, 0.4) is 0 Å². The Kier molecular flexibility index (Phi) is 2.48. The molecule has 0 fully saturated rings. The summed E-state index contributed by atoms with van der Waals surface area (Å²) < 4.78 is 5.37. The Bertz CT molecular complexity index is 670. The largest absolute Gasteiger partial charge is 0.496 e. The molecular weight excluding hydrogens is 226 g/mol. The summed E-state index contributed by atoms with van der Waals surface area (Å²) in [7, 11) is 1.66. The Hall–Kier alpha value is -2.36. The summed E-state index contributed by atoms with van der Waals surface area (Å²) in [5, 5.41) is 0. The van der Waals surface area contributed by atoms with Gasteiger partial charge in [0.15, 0.2) is 5.65 Å². The Morgan fingerprint density at radius 3 is 2.89 bits per heavy atom. The van der Waals surface area contributed by atoms with Crippen LogP contribution >= 0.6 is 0 Å². The number of imidazole rings is 1. The highest BCUT2D eigenvalue weighted by molar-refractivity contribution is 5.77. The van der Waals surface area contributed by atoms with E-state index in [0.29, 0.717) is 0 Å². The van der Waals surface area contributed by atoms with Gasteiger partial charge in [0.05, 0.1) is 18.2 Å². The summed E-state index contributed by atoms with van der Waals surface area (Å²) in [5.41, 5.74) is 3.77. The molecule has 0 spiro atoms. The van der Waals surface area contributed by atoms with Crippen LogP contribution < -0.4 is 4.74 Å². The van der Waals surface area contributed by atoms with Gasteiger partial charge >= 0.3 is 0 Å². The van der Waals surface area contributed by atoms with E-state index in [4.69, 9.17) is 4.74 Å². The van der Waals surface area contributed by atoms with Gasteiger partial charge in [0.25, 0.3) is 0 Å². The Morgan fingerprint density at radius 2 is 2.11 bits per heavy atom. The number of aromatic nitrogens is 3. The first-order valence-corrected chi connectivity index (χ1v) is 5.73. The molecule has 18 heavy (non-hydrogen) atoms. The highest BCUT2D eigenvalue weighted by Gasteiger charge is 2.10.